The minimum Gasteiger partial charge on any atom is -0.350 e. The number of nitrogens with zero attached hydrogens (tertiary/aromatic N) is 1. The van der Waals surface area contributed by atoms with Crippen molar-refractivity contribution in [2.75, 3.05) is 13.1 Å². The van der Waals surface area contributed by atoms with Gasteiger partial charge in [-0.05, 0) is 38.1 Å². The van der Waals surface area contributed by atoms with Gasteiger partial charge < -0.3 is 5.32 Å². The van der Waals surface area contributed by atoms with E-state index in [9.17, 15) is 13.2 Å². The van der Waals surface area contributed by atoms with Crippen LogP contribution in [0, 0.1) is 0 Å². The Morgan fingerprint density at radius 3 is 2.05 bits per heavy atom. The summed E-state index contributed by atoms with van der Waals surface area (Å²) in [5, 5.41) is 2.76. The van der Waals surface area contributed by atoms with Gasteiger partial charge in [-0.15, -0.1) is 0 Å². The van der Waals surface area contributed by atoms with Crippen LogP contribution in [-0.2, 0) is 10.0 Å². The van der Waals surface area contributed by atoms with E-state index in [2.05, 4.69) is 5.32 Å². The zero-order valence-electron chi connectivity index (χ0n) is 12.4. The van der Waals surface area contributed by atoms with Crippen molar-refractivity contribution in [2.24, 2.45) is 0 Å². The maximum absolute atomic E-state index is 12.3. The number of nitrogens with one attached hydrogen (secondary N) is 1. The van der Waals surface area contributed by atoms with Crippen LogP contribution in [0.2, 0.25) is 0 Å². The summed E-state index contributed by atoms with van der Waals surface area (Å²) in [6.45, 7) is 8.19. The average Bonchev–Trinajstić information content (AvgIpc) is 2.39. The number of benzene rings is 1. The zero-order valence-corrected chi connectivity index (χ0v) is 13.2. The highest BCUT2D eigenvalue weighted by Crippen LogP contribution is 2.16. The lowest BCUT2D eigenvalue weighted by Gasteiger charge is -2.18. The van der Waals surface area contributed by atoms with Crippen LogP contribution >= 0.6 is 0 Å². The van der Waals surface area contributed by atoms with Crippen LogP contribution in [0.5, 0.6) is 0 Å². The van der Waals surface area contributed by atoms with Crippen LogP contribution in [0.1, 0.15) is 38.1 Å². The van der Waals surface area contributed by atoms with Crippen LogP contribution in [0.15, 0.2) is 29.2 Å². The van der Waals surface area contributed by atoms with Crippen molar-refractivity contribution in [2.45, 2.75) is 38.6 Å². The normalized spacial score (nSPS) is 11.9. The number of carbonyl (C=O) groups excluding carboxylic acids is 1. The molecule has 0 heterocycles. The van der Waals surface area contributed by atoms with Crippen molar-refractivity contribution >= 4 is 15.9 Å². The van der Waals surface area contributed by atoms with Gasteiger partial charge in [0.1, 0.15) is 0 Å². The average molecular weight is 298 g/mol. The lowest BCUT2D eigenvalue weighted by atomic mass is 10.2. The molecule has 1 rings (SSSR count). The van der Waals surface area contributed by atoms with E-state index in [1.165, 1.54) is 28.6 Å². The summed E-state index contributed by atoms with van der Waals surface area (Å²) in [6, 6.07) is 6.06. The van der Waals surface area contributed by atoms with Crippen LogP contribution in [0.4, 0.5) is 0 Å². The van der Waals surface area contributed by atoms with E-state index >= 15 is 0 Å². The molecule has 0 unspecified atom stereocenters. The topological polar surface area (TPSA) is 66.5 Å². The van der Waals surface area contributed by atoms with Gasteiger partial charge in [-0.25, -0.2) is 8.42 Å². The summed E-state index contributed by atoms with van der Waals surface area (Å²) in [7, 11) is -3.47. The van der Waals surface area contributed by atoms with Gasteiger partial charge in [-0.1, -0.05) is 13.8 Å². The molecule has 0 aliphatic heterocycles. The summed E-state index contributed by atoms with van der Waals surface area (Å²) in [6.07, 6.45) is 0. The molecule has 0 aromatic heterocycles. The Balaban J connectivity index is 2.99. The zero-order chi connectivity index (χ0) is 15.3. The smallest absolute Gasteiger partial charge is 0.251 e. The fourth-order valence-electron chi connectivity index (χ4n) is 1.84. The second-order valence-corrected chi connectivity index (χ2v) is 6.68. The van der Waals surface area contributed by atoms with Crippen molar-refractivity contribution in [1.29, 1.82) is 0 Å². The Morgan fingerprint density at radius 2 is 1.65 bits per heavy atom. The molecule has 5 nitrogen and oxygen atoms in total. The standard InChI is InChI=1S/C14H22N2O3S/c1-5-16(6-2)20(18,19)13-9-7-12(8-10-13)14(17)15-11(3)4/h7-11H,5-6H2,1-4H3,(H,15,17). The van der Waals surface area contributed by atoms with Gasteiger partial charge in [0.2, 0.25) is 10.0 Å². The molecule has 6 heteroatoms. The van der Waals surface area contributed by atoms with Crippen molar-refractivity contribution in [3.05, 3.63) is 29.8 Å². The SMILES string of the molecule is CCN(CC)S(=O)(=O)c1ccc(C(=O)NC(C)C)cc1. The summed E-state index contributed by atoms with van der Waals surface area (Å²) < 4.78 is 25.9. The molecule has 1 N–H and O–H groups in total. The van der Waals surface area contributed by atoms with E-state index in [-0.39, 0.29) is 16.8 Å². The first kappa shape index (κ1) is 16.7. The van der Waals surface area contributed by atoms with Crippen LogP contribution in [0.25, 0.3) is 0 Å². The Hall–Kier alpha value is -1.40. The van der Waals surface area contributed by atoms with E-state index in [4.69, 9.17) is 0 Å². The third-order valence-corrected chi connectivity index (χ3v) is 4.94. The summed E-state index contributed by atoms with van der Waals surface area (Å²) in [5.74, 6) is -0.202. The number of sulfonamides is 1. The molecule has 0 atom stereocenters. The molecule has 0 saturated carbocycles. The van der Waals surface area contributed by atoms with E-state index < -0.39 is 10.0 Å². The predicted molar refractivity (Wildman–Crippen MR) is 79.2 cm³/mol. The first-order valence-electron chi connectivity index (χ1n) is 6.74. The second-order valence-electron chi connectivity index (χ2n) is 4.74. The van der Waals surface area contributed by atoms with Gasteiger partial charge >= 0.3 is 0 Å². The molecule has 0 fully saturated rings. The molecule has 1 aromatic rings. The van der Waals surface area contributed by atoms with E-state index in [0.717, 1.165) is 0 Å². The molecule has 0 bridgehead atoms. The van der Waals surface area contributed by atoms with E-state index in [0.29, 0.717) is 18.7 Å². The molecule has 1 aromatic carbocycles. The Labute approximate surface area is 121 Å². The van der Waals surface area contributed by atoms with Gasteiger partial charge in [0.25, 0.3) is 5.91 Å². The second kappa shape index (κ2) is 6.85. The van der Waals surface area contributed by atoms with Crippen molar-refractivity contribution in [3.8, 4) is 0 Å². The Kier molecular flexibility index (Phi) is 5.71. The first-order valence-corrected chi connectivity index (χ1v) is 8.18. The molecule has 0 radical (unpaired) electrons. The Morgan fingerprint density at radius 1 is 1.15 bits per heavy atom. The van der Waals surface area contributed by atoms with Crippen LogP contribution in [0.3, 0.4) is 0 Å². The fourth-order valence-corrected chi connectivity index (χ4v) is 3.29. The molecule has 0 aliphatic rings. The first-order chi connectivity index (χ1) is 9.32. The van der Waals surface area contributed by atoms with Crippen molar-refractivity contribution in [1.82, 2.24) is 9.62 Å². The number of hydrogen-bond acceptors (Lipinski definition) is 3. The number of carbonyl (C=O) groups is 1. The molecule has 0 saturated heterocycles. The molecule has 0 spiro atoms. The predicted octanol–water partition coefficient (Wildman–Crippen LogP) is 1.86. The lowest BCUT2D eigenvalue weighted by molar-refractivity contribution is 0.0943. The van der Waals surface area contributed by atoms with Gasteiger partial charge in [0.05, 0.1) is 4.90 Å². The van der Waals surface area contributed by atoms with Crippen molar-refractivity contribution < 1.29 is 13.2 Å². The number of rotatable bonds is 6. The van der Waals surface area contributed by atoms with Gasteiger partial charge in [-0.2, -0.15) is 4.31 Å². The number of hydrogen-bond donors (Lipinski definition) is 1. The molecule has 112 valence electrons. The third kappa shape index (κ3) is 3.80. The van der Waals surface area contributed by atoms with Crippen molar-refractivity contribution in [3.63, 3.8) is 0 Å². The van der Waals surface area contributed by atoms with E-state index in [1.807, 2.05) is 13.8 Å². The molecule has 20 heavy (non-hydrogen) atoms. The summed E-state index contributed by atoms with van der Waals surface area (Å²) in [4.78, 5) is 12.0. The van der Waals surface area contributed by atoms with Crippen LogP contribution < -0.4 is 5.32 Å². The van der Waals surface area contributed by atoms with E-state index in [1.54, 1.807) is 13.8 Å². The maximum atomic E-state index is 12.3. The monoisotopic (exact) mass is 298 g/mol. The largest absolute Gasteiger partial charge is 0.350 e. The third-order valence-electron chi connectivity index (χ3n) is 2.88. The quantitative estimate of drug-likeness (QED) is 0.871. The molecule has 1 amide bonds. The van der Waals surface area contributed by atoms with Gasteiger partial charge in [0.15, 0.2) is 0 Å². The van der Waals surface area contributed by atoms with Crippen LogP contribution in [-0.4, -0.2) is 37.8 Å². The highest BCUT2D eigenvalue weighted by molar-refractivity contribution is 7.89. The molecular formula is C14H22N2O3S. The lowest BCUT2D eigenvalue weighted by Crippen LogP contribution is -2.31. The maximum Gasteiger partial charge on any atom is 0.251 e. The van der Waals surface area contributed by atoms with Gasteiger partial charge in [-0.3, -0.25) is 4.79 Å². The summed E-state index contributed by atoms with van der Waals surface area (Å²) >= 11 is 0. The summed E-state index contributed by atoms with van der Waals surface area (Å²) in [5.41, 5.74) is 0.456. The highest BCUT2D eigenvalue weighted by Gasteiger charge is 2.21. The fraction of sp³-hybridized carbons (Fsp3) is 0.500. The Bertz CT molecular complexity index is 546. The minimum atomic E-state index is -3.47. The van der Waals surface area contributed by atoms with Gasteiger partial charge in [0, 0.05) is 24.7 Å². The highest BCUT2D eigenvalue weighted by atomic mass is 32.2. The number of amides is 1. The molecular weight excluding hydrogens is 276 g/mol. The minimum absolute atomic E-state index is 0.0431. The molecule has 0 aliphatic carbocycles.